The van der Waals surface area contributed by atoms with E-state index in [2.05, 4.69) is 40.3 Å². The summed E-state index contributed by atoms with van der Waals surface area (Å²) in [4.78, 5) is 1.40. The Morgan fingerprint density at radius 3 is 2.80 bits per heavy atom. The Kier molecular flexibility index (Phi) is 4.20. The van der Waals surface area contributed by atoms with Crippen molar-refractivity contribution in [2.24, 2.45) is 0 Å². The van der Waals surface area contributed by atoms with Gasteiger partial charge in [0.2, 0.25) is 0 Å². The fraction of sp³-hybridized carbons (Fsp3) is 0.636. The van der Waals surface area contributed by atoms with Gasteiger partial charge in [0.25, 0.3) is 0 Å². The van der Waals surface area contributed by atoms with Gasteiger partial charge in [-0.05, 0) is 47.8 Å². The van der Waals surface area contributed by atoms with Crippen LogP contribution in [0.25, 0.3) is 0 Å². The molecule has 0 radical (unpaired) electrons. The molecule has 1 aliphatic heterocycles. The van der Waals surface area contributed by atoms with Crippen LogP contribution >= 0.6 is 27.3 Å². The minimum absolute atomic E-state index is 0.449. The molecule has 1 aliphatic rings. The van der Waals surface area contributed by atoms with Crippen molar-refractivity contribution in [2.75, 3.05) is 13.2 Å². The largest absolute Gasteiger partial charge is 0.381 e. The maximum Gasteiger partial charge on any atom is 0.0701 e. The second-order valence-electron chi connectivity index (χ2n) is 3.92. The average molecular weight is 290 g/mol. The van der Waals surface area contributed by atoms with Gasteiger partial charge in [-0.2, -0.15) is 0 Å². The molecule has 0 aromatic carbocycles. The van der Waals surface area contributed by atoms with Crippen molar-refractivity contribution < 1.29 is 4.74 Å². The molecule has 2 heterocycles. The molecule has 0 spiro atoms. The normalized spacial score (nSPS) is 20.4. The van der Waals surface area contributed by atoms with Crippen molar-refractivity contribution in [3.05, 3.63) is 20.8 Å². The Labute approximate surface area is 103 Å². The van der Waals surface area contributed by atoms with Crippen LogP contribution < -0.4 is 5.32 Å². The van der Waals surface area contributed by atoms with E-state index in [1.54, 1.807) is 0 Å². The van der Waals surface area contributed by atoms with Crippen molar-refractivity contribution >= 4 is 27.3 Å². The lowest BCUT2D eigenvalue weighted by atomic mass is 10.1. The third-order valence-electron chi connectivity index (χ3n) is 2.73. The standard InChI is InChI=1S/C11H16BrNOS/c1-8(10-2-3-11(12)15-10)13-9-4-6-14-7-5-9/h2-3,8-9,13H,4-7H2,1H3. The van der Waals surface area contributed by atoms with Crippen LogP contribution in [0, 0.1) is 0 Å². The first kappa shape index (κ1) is 11.6. The summed E-state index contributed by atoms with van der Waals surface area (Å²) in [6.07, 6.45) is 2.27. The van der Waals surface area contributed by atoms with E-state index in [-0.39, 0.29) is 0 Å². The highest BCUT2D eigenvalue weighted by molar-refractivity contribution is 9.11. The molecule has 1 atom stereocenters. The fourth-order valence-corrected chi connectivity index (χ4v) is 3.30. The predicted octanol–water partition coefficient (Wildman–Crippen LogP) is 3.34. The maximum absolute atomic E-state index is 5.35. The van der Waals surface area contributed by atoms with Gasteiger partial charge in [0.1, 0.15) is 0 Å². The van der Waals surface area contributed by atoms with Gasteiger partial charge in [-0.1, -0.05) is 0 Å². The van der Waals surface area contributed by atoms with Gasteiger partial charge >= 0.3 is 0 Å². The number of thiophene rings is 1. The molecule has 1 saturated heterocycles. The van der Waals surface area contributed by atoms with Crippen LogP contribution in [0.3, 0.4) is 0 Å². The van der Waals surface area contributed by atoms with E-state index in [1.165, 1.54) is 8.66 Å². The molecule has 0 amide bonds. The van der Waals surface area contributed by atoms with E-state index < -0.39 is 0 Å². The lowest BCUT2D eigenvalue weighted by Crippen LogP contribution is -2.36. The Hall–Kier alpha value is 0.1000. The zero-order chi connectivity index (χ0) is 10.7. The fourth-order valence-electron chi connectivity index (χ4n) is 1.86. The van der Waals surface area contributed by atoms with Gasteiger partial charge in [-0.25, -0.2) is 0 Å². The van der Waals surface area contributed by atoms with Crippen molar-refractivity contribution in [2.45, 2.75) is 31.8 Å². The zero-order valence-electron chi connectivity index (χ0n) is 8.83. The van der Waals surface area contributed by atoms with Crippen LogP contribution in [0.1, 0.15) is 30.7 Å². The van der Waals surface area contributed by atoms with Crippen molar-refractivity contribution in [3.8, 4) is 0 Å². The summed E-state index contributed by atoms with van der Waals surface area (Å²) >= 11 is 5.30. The highest BCUT2D eigenvalue weighted by Gasteiger charge is 2.17. The molecule has 15 heavy (non-hydrogen) atoms. The number of rotatable bonds is 3. The molecular formula is C11H16BrNOS. The van der Waals surface area contributed by atoms with Crippen molar-refractivity contribution in [1.82, 2.24) is 5.32 Å². The molecule has 0 aliphatic carbocycles. The summed E-state index contributed by atoms with van der Waals surface area (Å²) < 4.78 is 6.55. The predicted molar refractivity (Wildman–Crippen MR) is 67.4 cm³/mol. The summed E-state index contributed by atoms with van der Waals surface area (Å²) in [5.41, 5.74) is 0. The van der Waals surface area contributed by atoms with Gasteiger partial charge in [0.15, 0.2) is 0 Å². The van der Waals surface area contributed by atoms with Gasteiger partial charge in [-0.3, -0.25) is 0 Å². The van der Waals surface area contributed by atoms with E-state index in [4.69, 9.17) is 4.74 Å². The number of nitrogens with one attached hydrogen (secondary N) is 1. The van der Waals surface area contributed by atoms with E-state index in [0.717, 1.165) is 26.1 Å². The number of hydrogen-bond donors (Lipinski definition) is 1. The van der Waals surface area contributed by atoms with Crippen molar-refractivity contribution in [1.29, 1.82) is 0 Å². The first-order valence-electron chi connectivity index (χ1n) is 5.35. The summed E-state index contributed by atoms with van der Waals surface area (Å²) in [7, 11) is 0. The minimum Gasteiger partial charge on any atom is -0.381 e. The first-order chi connectivity index (χ1) is 7.25. The monoisotopic (exact) mass is 289 g/mol. The number of ether oxygens (including phenoxy) is 1. The molecule has 1 fully saturated rings. The Morgan fingerprint density at radius 2 is 2.20 bits per heavy atom. The molecule has 0 saturated carbocycles. The van der Waals surface area contributed by atoms with Gasteiger partial charge in [0.05, 0.1) is 3.79 Å². The molecule has 2 nitrogen and oxygen atoms in total. The summed E-state index contributed by atoms with van der Waals surface area (Å²) in [6.45, 7) is 4.03. The van der Waals surface area contributed by atoms with Gasteiger partial charge in [0, 0.05) is 30.2 Å². The first-order valence-corrected chi connectivity index (χ1v) is 6.95. The summed E-state index contributed by atoms with van der Waals surface area (Å²) in [5.74, 6) is 0. The van der Waals surface area contributed by atoms with Gasteiger partial charge in [-0.15, -0.1) is 11.3 Å². The van der Waals surface area contributed by atoms with E-state index in [9.17, 15) is 0 Å². The third kappa shape index (κ3) is 3.28. The smallest absolute Gasteiger partial charge is 0.0701 e. The van der Waals surface area contributed by atoms with E-state index >= 15 is 0 Å². The topological polar surface area (TPSA) is 21.3 Å². The molecular weight excluding hydrogens is 274 g/mol. The Bertz CT molecular complexity index is 309. The van der Waals surface area contributed by atoms with Crippen LogP contribution in [-0.4, -0.2) is 19.3 Å². The lowest BCUT2D eigenvalue weighted by molar-refractivity contribution is 0.0755. The minimum atomic E-state index is 0.449. The SMILES string of the molecule is CC(NC1CCOCC1)c1ccc(Br)s1. The summed E-state index contributed by atoms with van der Waals surface area (Å²) in [5, 5.41) is 3.66. The molecule has 84 valence electrons. The summed E-state index contributed by atoms with van der Waals surface area (Å²) in [6, 6.07) is 5.37. The maximum atomic E-state index is 5.35. The molecule has 1 N–H and O–H groups in total. The second kappa shape index (κ2) is 5.43. The van der Waals surface area contributed by atoms with Crippen LogP contribution in [0.5, 0.6) is 0 Å². The highest BCUT2D eigenvalue weighted by Crippen LogP contribution is 2.27. The highest BCUT2D eigenvalue weighted by atomic mass is 79.9. The van der Waals surface area contributed by atoms with Crippen LogP contribution in [-0.2, 0) is 4.74 Å². The quantitative estimate of drug-likeness (QED) is 0.922. The van der Waals surface area contributed by atoms with Crippen molar-refractivity contribution in [3.63, 3.8) is 0 Å². The Balaban J connectivity index is 1.88. The lowest BCUT2D eigenvalue weighted by Gasteiger charge is -2.26. The van der Waals surface area contributed by atoms with Crippen LogP contribution in [0.15, 0.2) is 15.9 Å². The average Bonchev–Trinajstić information content (AvgIpc) is 2.66. The molecule has 4 heteroatoms. The molecule has 1 aromatic heterocycles. The van der Waals surface area contributed by atoms with Crippen LogP contribution in [0.4, 0.5) is 0 Å². The zero-order valence-corrected chi connectivity index (χ0v) is 11.2. The second-order valence-corrected chi connectivity index (χ2v) is 6.41. The number of halogens is 1. The van der Waals surface area contributed by atoms with Gasteiger partial charge < -0.3 is 10.1 Å². The molecule has 1 unspecified atom stereocenters. The molecule has 1 aromatic rings. The Morgan fingerprint density at radius 1 is 1.47 bits per heavy atom. The molecule has 2 rings (SSSR count). The number of hydrogen-bond acceptors (Lipinski definition) is 3. The van der Waals surface area contributed by atoms with E-state index in [0.29, 0.717) is 12.1 Å². The molecule has 0 bridgehead atoms. The van der Waals surface area contributed by atoms with E-state index in [1.807, 2.05) is 11.3 Å². The van der Waals surface area contributed by atoms with Crippen LogP contribution in [0.2, 0.25) is 0 Å². The third-order valence-corrected chi connectivity index (χ3v) is 4.53.